The third-order valence-corrected chi connectivity index (χ3v) is 4.74. The van der Waals surface area contributed by atoms with E-state index in [1.807, 2.05) is 12.1 Å². The molecule has 1 aliphatic carbocycles. The lowest BCUT2D eigenvalue weighted by Crippen LogP contribution is -2.20. The van der Waals surface area contributed by atoms with Gasteiger partial charge in [0.15, 0.2) is 0 Å². The highest BCUT2D eigenvalue weighted by molar-refractivity contribution is 5.93. The minimum absolute atomic E-state index is 0.135. The van der Waals surface area contributed by atoms with Crippen LogP contribution in [0.3, 0.4) is 0 Å². The highest BCUT2D eigenvalue weighted by Crippen LogP contribution is 2.51. The molecule has 2 nitrogen and oxygen atoms in total. The maximum absolute atomic E-state index is 11.9. The summed E-state index contributed by atoms with van der Waals surface area (Å²) >= 11 is 0. The highest BCUT2D eigenvalue weighted by Gasteiger charge is 2.45. The largest absolute Gasteiger partial charge is 0.453 e. The first-order chi connectivity index (χ1) is 9.66. The number of benzene rings is 2. The molecule has 0 N–H and O–H groups in total. The van der Waals surface area contributed by atoms with Crippen molar-refractivity contribution < 1.29 is 9.53 Å². The molecule has 0 amide bonds. The van der Waals surface area contributed by atoms with Crippen molar-refractivity contribution in [3.8, 4) is 0 Å². The minimum atomic E-state index is -0.229. The number of fused-ring (bicyclic) bond motifs is 5. The molecule has 1 unspecified atom stereocenters. The van der Waals surface area contributed by atoms with Crippen LogP contribution in [0.5, 0.6) is 0 Å². The van der Waals surface area contributed by atoms with Crippen molar-refractivity contribution in [1.29, 1.82) is 0 Å². The zero-order valence-electron chi connectivity index (χ0n) is 11.4. The smallest absolute Gasteiger partial charge is 0.334 e. The lowest BCUT2D eigenvalue weighted by Gasteiger charge is -2.32. The first kappa shape index (κ1) is 11.7. The molecule has 2 heteroatoms. The van der Waals surface area contributed by atoms with Gasteiger partial charge in [-0.1, -0.05) is 49.9 Å². The quantitative estimate of drug-likeness (QED) is 0.528. The average molecular weight is 264 g/mol. The second-order valence-corrected chi connectivity index (χ2v) is 5.88. The molecule has 1 fully saturated rings. The third-order valence-electron chi connectivity index (χ3n) is 4.74. The number of hydrogen-bond donors (Lipinski definition) is 0. The van der Waals surface area contributed by atoms with Gasteiger partial charge in [-0.3, -0.25) is 0 Å². The van der Waals surface area contributed by atoms with Gasteiger partial charge in [-0.15, -0.1) is 0 Å². The second kappa shape index (κ2) is 3.95. The zero-order chi connectivity index (χ0) is 13.9. The van der Waals surface area contributed by atoms with Crippen LogP contribution in [0, 0.1) is 5.92 Å². The van der Waals surface area contributed by atoms with E-state index in [2.05, 4.69) is 37.8 Å². The van der Waals surface area contributed by atoms with E-state index in [4.69, 9.17) is 4.74 Å². The molecule has 0 bridgehead atoms. The Morgan fingerprint density at radius 3 is 2.85 bits per heavy atom. The van der Waals surface area contributed by atoms with Crippen LogP contribution in [-0.4, -0.2) is 5.97 Å². The van der Waals surface area contributed by atoms with Crippen molar-refractivity contribution in [2.75, 3.05) is 0 Å². The molecule has 100 valence electrons. The molecular formula is C18H16O2. The van der Waals surface area contributed by atoms with E-state index in [1.165, 1.54) is 21.9 Å². The van der Waals surface area contributed by atoms with Crippen molar-refractivity contribution in [3.05, 3.63) is 59.7 Å². The SMILES string of the molecule is C=C1C(=O)O[C@@H]2c3c(ccc4ccccc34)C(C)C[C@H]12. The number of rotatable bonds is 0. The van der Waals surface area contributed by atoms with Crippen molar-refractivity contribution in [2.45, 2.75) is 25.4 Å². The van der Waals surface area contributed by atoms with Crippen molar-refractivity contribution in [2.24, 2.45) is 5.92 Å². The summed E-state index contributed by atoms with van der Waals surface area (Å²) in [5, 5.41) is 2.40. The molecule has 0 aromatic heterocycles. The number of ether oxygens (including phenoxy) is 1. The topological polar surface area (TPSA) is 26.3 Å². The van der Waals surface area contributed by atoms with Crippen LogP contribution in [0.4, 0.5) is 0 Å². The predicted molar refractivity (Wildman–Crippen MR) is 78.4 cm³/mol. The average Bonchev–Trinajstić information content (AvgIpc) is 2.74. The third kappa shape index (κ3) is 1.42. The predicted octanol–water partition coefficient (Wildman–Crippen LogP) is 4.12. The van der Waals surface area contributed by atoms with E-state index in [1.54, 1.807) is 0 Å². The normalized spacial score (nSPS) is 28.1. The zero-order valence-corrected chi connectivity index (χ0v) is 11.4. The van der Waals surface area contributed by atoms with Gasteiger partial charge in [-0.2, -0.15) is 0 Å². The molecular weight excluding hydrogens is 248 g/mol. The Morgan fingerprint density at radius 2 is 2.00 bits per heavy atom. The molecule has 3 atom stereocenters. The number of carbonyl (C=O) groups excluding carboxylic acids is 1. The Bertz CT molecular complexity index is 744. The van der Waals surface area contributed by atoms with Gasteiger partial charge in [0, 0.05) is 17.1 Å². The molecule has 20 heavy (non-hydrogen) atoms. The summed E-state index contributed by atoms with van der Waals surface area (Å²) in [6.45, 7) is 6.15. The summed E-state index contributed by atoms with van der Waals surface area (Å²) in [5.41, 5.74) is 3.15. The summed E-state index contributed by atoms with van der Waals surface area (Å²) < 4.78 is 5.62. The number of carbonyl (C=O) groups is 1. The van der Waals surface area contributed by atoms with Gasteiger partial charge in [0.2, 0.25) is 0 Å². The van der Waals surface area contributed by atoms with Crippen molar-refractivity contribution in [1.82, 2.24) is 0 Å². The minimum Gasteiger partial charge on any atom is -0.453 e. The maximum Gasteiger partial charge on any atom is 0.334 e. The van der Waals surface area contributed by atoms with Crippen LogP contribution in [0.1, 0.15) is 36.5 Å². The van der Waals surface area contributed by atoms with Crippen molar-refractivity contribution >= 4 is 16.7 Å². The fourth-order valence-corrected chi connectivity index (χ4v) is 3.70. The van der Waals surface area contributed by atoms with Crippen LogP contribution in [0.25, 0.3) is 10.8 Å². The molecule has 1 heterocycles. The first-order valence-corrected chi connectivity index (χ1v) is 7.08. The Kier molecular flexibility index (Phi) is 2.31. The summed E-state index contributed by atoms with van der Waals surface area (Å²) in [7, 11) is 0. The number of hydrogen-bond acceptors (Lipinski definition) is 2. The molecule has 4 rings (SSSR count). The van der Waals surface area contributed by atoms with E-state index >= 15 is 0 Å². The van der Waals surface area contributed by atoms with E-state index in [0.717, 1.165) is 6.42 Å². The Morgan fingerprint density at radius 1 is 1.20 bits per heavy atom. The summed E-state index contributed by atoms with van der Waals surface area (Å²) in [5.74, 6) is 0.339. The molecule has 0 saturated carbocycles. The maximum atomic E-state index is 11.9. The van der Waals surface area contributed by atoms with Crippen LogP contribution < -0.4 is 0 Å². The molecule has 2 aromatic carbocycles. The van der Waals surface area contributed by atoms with Crippen LogP contribution in [0.15, 0.2) is 48.6 Å². The van der Waals surface area contributed by atoms with Gasteiger partial charge in [-0.25, -0.2) is 4.79 Å². The monoisotopic (exact) mass is 264 g/mol. The standard InChI is InChI=1S/C18H16O2/c1-10-9-15-11(2)18(19)20-17(15)16-13(10)8-7-12-5-3-4-6-14(12)16/h3-8,10,15,17H,2,9H2,1H3/t10?,15-,17+/m1/s1. The van der Waals surface area contributed by atoms with Gasteiger partial charge >= 0.3 is 5.97 Å². The lowest BCUT2D eigenvalue weighted by atomic mass is 9.73. The lowest BCUT2D eigenvalue weighted by molar-refractivity contribution is -0.139. The second-order valence-electron chi connectivity index (χ2n) is 5.88. The van der Waals surface area contributed by atoms with Gasteiger partial charge in [-0.05, 0) is 28.7 Å². The molecule has 0 radical (unpaired) electrons. The fraction of sp³-hybridized carbons (Fsp3) is 0.278. The summed E-state index contributed by atoms with van der Waals surface area (Å²) in [6.07, 6.45) is 0.799. The molecule has 0 spiro atoms. The van der Waals surface area contributed by atoms with E-state index in [9.17, 15) is 4.79 Å². The molecule has 2 aliphatic rings. The van der Waals surface area contributed by atoms with E-state index < -0.39 is 0 Å². The molecule has 2 aromatic rings. The Labute approximate surface area is 118 Å². The van der Waals surface area contributed by atoms with E-state index in [-0.39, 0.29) is 18.0 Å². The highest BCUT2D eigenvalue weighted by atomic mass is 16.6. The van der Waals surface area contributed by atoms with E-state index in [0.29, 0.717) is 11.5 Å². The van der Waals surface area contributed by atoms with Crippen LogP contribution in [0.2, 0.25) is 0 Å². The first-order valence-electron chi connectivity index (χ1n) is 7.08. The Balaban J connectivity index is 2.02. The fourth-order valence-electron chi connectivity index (χ4n) is 3.70. The van der Waals surface area contributed by atoms with Gasteiger partial charge in [0.25, 0.3) is 0 Å². The van der Waals surface area contributed by atoms with Gasteiger partial charge < -0.3 is 4.74 Å². The summed E-state index contributed by atoms with van der Waals surface area (Å²) in [4.78, 5) is 11.9. The van der Waals surface area contributed by atoms with Gasteiger partial charge in [0.1, 0.15) is 6.10 Å². The molecule has 1 aliphatic heterocycles. The molecule has 1 saturated heterocycles. The summed E-state index contributed by atoms with van der Waals surface area (Å²) in [6, 6.07) is 12.7. The van der Waals surface area contributed by atoms with Gasteiger partial charge in [0.05, 0.1) is 0 Å². The number of esters is 1. The van der Waals surface area contributed by atoms with Crippen molar-refractivity contribution in [3.63, 3.8) is 0 Å². The Hall–Kier alpha value is -2.09. The van der Waals surface area contributed by atoms with Crippen LogP contribution >= 0.6 is 0 Å². The van der Waals surface area contributed by atoms with Crippen LogP contribution in [-0.2, 0) is 9.53 Å².